The van der Waals surface area contributed by atoms with Gasteiger partial charge in [-0.2, -0.15) is 4.98 Å². The van der Waals surface area contributed by atoms with E-state index in [0.29, 0.717) is 21.6 Å². The monoisotopic (exact) mass is 343 g/mol. The lowest BCUT2D eigenvalue weighted by Crippen LogP contribution is -2.31. The second kappa shape index (κ2) is 7.55. The fraction of sp³-hybridized carbons (Fsp3) is 0.308. The van der Waals surface area contributed by atoms with Gasteiger partial charge in [-0.15, -0.1) is 0 Å². The van der Waals surface area contributed by atoms with Gasteiger partial charge >= 0.3 is 0 Å². The van der Waals surface area contributed by atoms with E-state index in [2.05, 4.69) is 15.0 Å². The second-order valence-electron chi connectivity index (χ2n) is 4.36. The van der Waals surface area contributed by atoms with Gasteiger partial charge in [0.15, 0.2) is 5.82 Å². The lowest BCUT2D eigenvalue weighted by atomic mass is 10.1. The number of nitrogens with two attached hydrogens (primary N) is 1. The molecule has 0 fully saturated rings. The first-order valence-electron chi connectivity index (χ1n) is 6.48. The van der Waals surface area contributed by atoms with Crippen LogP contribution in [0.3, 0.4) is 0 Å². The molecule has 1 aromatic heterocycles. The maximum atomic E-state index is 9.08. The van der Waals surface area contributed by atoms with Crippen LogP contribution in [-0.4, -0.2) is 51.5 Å². The van der Waals surface area contributed by atoms with E-state index < -0.39 is 0 Å². The van der Waals surface area contributed by atoms with Crippen LogP contribution in [0.2, 0.25) is 10.0 Å². The smallest absolute Gasteiger partial charge is 0.229 e. The van der Waals surface area contributed by atoms with Gasteiger partial charge in [0.25, 0.3) is 0 Å². The third-order valence-electron chi connectivity index (χ3n) is 2.95. The van der Waals surface area contributed by atoms with Crippen molar-refractivity contribution in [2.75, 3.05) is 36.9 Å². The van der Waals surface area contributed by atoms with Gasteiger partial charge in [-0.1, -0.05) is 23.2 Å². The van der Waals surface area contributed by atoms with Gasteiger partial charge < -0.3 is 20.8 Å². The average molecular weight is 344 g/mol. The number of benzene rings is 1. The van der Waals surface area contributed by atoms with E-state index in [9.17, 15) is 0 Å². The molecule has 9 heteroatoms. The average Bonchev–Trinajstić information content (AvgIpc) is 2.51. The Morgan fingerprint density at radius 1 is 1.05 bits per heavy atom. The van der Waals surface area contributed by atoms with E-state index in [1.54, 1.807) is 17.0 Å². The second-order valence-corrected chi connectivity index (χ2v) is 5.18. The predicted molar refractivity (Wildman–Crippen MR) is 86.1 cm³/mol. The maximum Gasteiger partial charge on any atom is 0.229 e. The van der Waals surface area contributed by atoms with Crippen molar-refractivity contribution in [3.63, 3.8) is 0 Å². The van der Waals surface area contributed by atoms with E-state index in [1.807, 2.05) is 0 Å². The molecule has 0 atom stereocenters. The minimum atomic E-state index is -0.0962. The number of anilines is 2. The quantitative estimate of drug-likeness (QED) is 0.676. The molecule has 7 nitrogen and oxygen atoms in total. The summed E-state index contributed by atoms with van der Waals surface area (Å²) in [6.07, 6.45) is 1.32. The van der Waals surface area contributed by atoms with Crippen molar-refractivity contribution >= 4 is 34.8 Å². The minimum Gasteiger partial charge on any atom is -0.397 e. The van der Waals surface area contributed by atoms with Crippen molar-refractivity contribution in [1.29, 1.82) is 0 Å². The summed E-state index contributed by atoms with van der Waals surface area (Å²) >= 11 is 12.2. The number of hydrogen-bond donors (Lipinski definition) is 3. The van der Waals surface area contributed by atoms with E-state index in [0.717, 1.165) is 0 Å². The van der Waals surface area contributed by atoms with Crippen molar-refractivity contribution in [1.82, 2.24) is 15.0 Å². The molecular weight excluding hydrogens is 329 g/mol. The van der Waals surface area contributed by atoms with Gasteiger partial charge in [0.05, 0.1) is 34.5 Å². The van der Waals surface area contributed by atoms with Crippen LogP contribution >= 0.6 is 23.2 Å². The zero-order chi connectivity index (χ0) is 16.1. The summed E-state index contributed by atoms with van der Waals surface area (Å²) in [4.78, 5) is 14.1. The molecule has 0 radical (unpaired) electrons. The number of aromatic nitrogens is 3. The zero-order valence-electron chi connectivity index (χ0n) is 11.6. The van der Waals surface area contributed by atoms with Crippen molar-refractivity contribution in [2.24, 2.45) is 0 Å². The molecule has 0 unspecified atom stereocenters. The highest BCUT2D eigenvalue weighted by Gasteiger charge is 2.16. The summed E-state index contributed by atoms with van der Waals surface area (Å²) < 4.78 is 0. The third-order valence-corrected chi connectivity index (χ3v) is 3.59. The SMILES string of the molecule is Nc1c(Cl)ccc(Cl)c1-c1ncnc(N(CCO)CCO)n1. The van der Waals surface area contributed by atoms with E-state index in [4.69, 9.17) is 39.1 Å². The summed E-state index contributed by atoms with van der Waals surface area (Å²) in [6.45, 7) is 0.369. The number of halogens is 2. The van der Waals surface area contributed by atoms with Crippen LogP contribution in [0, 0.1) is 0 Å². The highest BCUT2D eigenvalue weighted by Crippen LogP contribution is 2.35. The van der Waals surface area contributed by atoms with Crippen molar-refractivity contribution in [3.8, 4) is 11.4 Å². The van der Waals surface area contributed by atoms with Crippen molar-refractivity contribution < 1.29 is 10.2 Å². The number of nitrogens with zero attached hydrogens (tertiary/aromatic N) is 4. The Balaban J connectivity index is 2.46. The zero-order valence-corrected chi connectivity index (χ0v) is 13.1. The molecule has 0 aliphatic rings. The molecule has 0 bridgehead atoms. The summed E-state index contributed by atoms with van der Waals surface area (Å²) in [5.74, 6) is 0.583. The molecular formula is C13H15Cl2N5O2. The van der Waals surface area contributed by atoms with E-state index in [-0.39, 0.29) is 37.8 Å². The van der Waals surface area contributed by atoms with Gasteiger partial charge in [-0.25, -0.2) is 9.97 Å². The van der Waals surface area contributed by atoms with Crippen LogP contribution in [0.25, 0.3) is 11.4 Å². The molecule has 0 aliphatic carbocycles. The Morgan fingerprint density at radius 3 is 2.32 bits per heavy atom. The molecule has 1 aromatic carbocycles. The molecule has 0 saturated carbocycles. The maximum absolute atomic E-state index is 9.08. The molecule has 4 N–H and O–H groups in total. The summed E-state index contributed by atoms with van der Waals surface area (Å²) in [7, 11) is 0. The third kappa shape index (κ3) is 3.56. The number of nitrogen functional groups attached to an aromatic ring is 1. The Labute approximate surface area is 137 Å². The lowest BCUT2D eigenvalue weighted by Gasteiger charge is -2.20. The number of aliphatic hydroxyl groups excluding tert-OH is 2. The predicted octanol–water partition coefficient (Wildman–Crippen LogP) is 1.22. The molecule has 2 aromatic rings. The molecule has 0 amide bonds. The Bertz CT molecular complexity index is 650. The molecule has 118 valence electrons. The van der Waals surface area contributed by atoms with Crippen LogP contribution in [0.5, 0.6) is 0 Å². The fourth-order valence-electron chi connectivity index (χ4n) is 1.91. The molecule has 22 heavy (non-hydrogen) atoms. The van der Waals surface area contributed by atoms with Crippen molar-refractivity contribution in [2.45, 2.75) is 0 Å². The Hall–Kier alpha value is -1.67. The van der Waals surface area contributed by atoms with Gasteiger partial charge in [0.1, 0.15) is 6.33 Å². The molecule has 0 saturated heterocycles. The van der Waals surface area contributed by atoms with Gasteiger partial charge in [-0.3, -0.25) is 0 Å². The first-order valence-corrected chi connectivity index (χ1v) is 7.23. The minimum absolute atomic E-state index is 0.0962. The topological polar surface area (TPSA) is 108 Å². The first kappa shape index (κ1) is 16.7. The largest absolute Gasteiger partial charge is 0.397 e. The number of rotatable bonds is 6. The standard InChI is InChI=1S/C13H15Cl2N5O2/c14-8-1-2-9(15)11(16)10(8)12-17-7-18-13(19-12)20(3-5-21)4-6-22/h1-2,7,21-22H,3-6,16H2. The van der Waals surface area contributed by atoms with Crippen LogP contribution in [-0.2, 0) is 0 Å². The van der Waals surface area contributed by atoms with Gasteiger partial charge in [-0.05, 0) is 12.1 Å². The lowest BCUT2D eigenvalue weighted by molar-refractivity contribution is 0.280. The molecule has 0 aliphatic heterocycles. The van der Waals surface area contributed by atoms with Crippen LogP contribution < -0.4 is 10.6 Å². The first-order chi connectivity index (χ1) is 10.6. The Morgan fingerprint density at radius 2 is 1.68 bits per heavy atom. The molecule has 0 spiro atoms. The van der Waals surface area contributed by atoms with Crippen LogP contribution in [0.15, 0.2) is 18.5 Å². The molecule has 2 rings (SSSR count). The van der Waals surface area contributed by atoms with Crippen LogP contribution in [0.4, 0.5) is 11.6 Å². The van der Waals surface area contributed by atoms with E-state index in [1.165, 1.54) is 6.33 Å². The highest BCUT2D eigenvalue weighted by molar-refractivity contribution is 6.37. The summed E-state index contributed by atoms with van der Waals surface area (Å²) in [5.41, 5.74) is 6.65. The van der Waals surface area contributed by atoms with E-state index >= 15 is 0 Å². The van der Waals surface area contributed by atoms with Gasteiger partial charge in [0.2, 0.25) is 5.95 Å². The van der Waals surface area contributed by atoms with Crippen LogP contribution in [0.1, 0.15) is 0 Å². The normalized spacial score (nSPS) is 10.7. The summed E-state index contributed by atoms with van der Waals surface area (Å²) in [5, 5.41) is 18.9. The summed E-state index contributed by atoms with van der Waals surface area (Å²) in [6, 6.07) is 3.20. The number of hydrogen-bond acceptors (Lipinski definition) is 7. The fourth-order valence-corrected chi connectivity index (χ4v) is 2.32. The van der Waals surface area contributed by atoms with Crippen molar-refractivity contribution in [3.05, 3.63) is 28.5 Å². The number of aliphatic hydroxyl groups is 2. The Kier molecular flexibility index (Phi) is 5.73. The highest BCUT2D eigenvalue weighted by atomic mass is 35.5. The molecule has 1 heterocycles. The van der Waals surface area contributed by atoms with Gasteiger partial charge in [0, 0.05) is 13.1 Å².